The molecule has 9 heteroatoms. The molecule has 0 bridgehead atoms. The highest BCUT2D eigenvalue weighted by Gasteiger charge is 2.22. The number of fused-ring (bicyclic) bond motifs is 1. The summed E-state index contributed by atoms with van der Waals surface area (Å²) in [6.45, 7) is 1.23. The first kappa shape index (κ1) is 22.8. The average molecular weight is 468 g/mol. The zero-order valence-corrected chi connectivity index (χ0v) is 19.4. The second kappa shape index (κ2) is 10.4. The smallest absolute Gasteiger partial charge is 0.229 e. The number of hydrogen-bond acceptors (Lipinski definition) is 6. The molecule has 0 unspecified atom stereocenters. The number of rotatable bonds is 9. The van der Waals surface area contributed by atoms with Crippen LogP contribution in [0.15, 0.2) is 41.3 Å². The number of carbonyl (C=O) groups is 1. The maximum absolute atomic E-state index is 13.1. The lowest BCUT2D eigenvalue weighted by Crippen LogP contribution is -2.36. The number of hydrogen-bond donors (Lipinski definition) is 0. The summed E-state index contributed by atoms with van der Waals surface area (Å²) in [6, 6.07) is 9.83. The molecule has 5 nitrogen and oxygen atoms in total. The number of anilines is 1. The Kier molecular flexibility index (Phi) is 7.93. The van der Waals surface area contributed by atoms with E-state index in [0.29, 0.717) is 46.7 Å². The maximum Gasteiger partial charge on any atom is 0.229 e. The molecule has 0 saturated heterocycles. The zero-order valence-electron chi connectivity index (χ0n) is 17.0. The lowest BCUT2D eigenvalue weighted by Gasteiger charge is -2.22. The van der Waals surface area contributed by atoms with Crippen LogP contribution in [-0.2, 0) is 4.79 Å². The zero-order chi connectivity index (χ0) is 21.7. The maximum atomic E-state index is 13.1. The molecule has 0 spiro atoms. The molecular weight excluding hydrogens is 445 g/mol. The predicted octanol–water partition coefficient (Wildman–Crippen LogP) is 5.17. The Morgan fingerprint density at radius 2 is 1.93 bits per heavy atom. The van der Waals surface area contributed by atoms with E-state index in [9.17, 15) is 9.18 Å². The van der Waals surface area contributed by atoms with E-state index >= 15 is 0 Å². The molecule has 3 aromatic rings. The number of methoxy groups -OCH3 is 1. The molecule has 0 atom stereocenters. The summed E-state index contributed by atoms with van der Waals surface area (Å²) in [5.74, 6) is 0.942. The van der Waals surface area contributed by atoms with Crippen LogP contribution in [0.4, 0.5) is 9.52 Å². The van der Waals surface area contributed by atoms with Crippen LogP contribution in [0.2, 0.25) is 5.02 Å². The average Bonchev–Trinajstić information content (AvgIpc) is 3.16. The van der Waals surface area contributed by atoms with Gasteiger partial charge in [0, 0.05) is 30.2 Å². The molecule has 0 fully saturated rings. The summed E-state index contributed by atoms with van der Waals surface area (Å²) in [5, 5.41) is 1.19. The Hall–Kier alpha value is -1.87. The number of thiazole rings is 1. The number of carbonyl (C=O) groups excluding carboxylic acids is 1. The van der Waals surface area contributed by atoms with E-state index in [0.717, 1.165) is 9.60 Å². The van der Waals surface area contributed by atoms with Crippen LogP contribution in [0.25, 0.3) is 10.2 Å². The molecule has 3 rings (SSSR count). The number of ether oxygens (including phenoxy) is 1. The van der Waals surface area contributed by atoms with Crippen molar-refractivity contribution in [3.63, 3.8) is 0 Å². The Morgan fingerprint density at radius 3 is 2.60 bits per heavy atom. The van der Waals surface area contributed by atoms with Gasteiger partial charge in [0.15, 0.2) is 5.13 Å². The molecule has 1 amide bonds. The Balaban J connectivity index is 1.78. The summed E-state index contributed by atoms with van der Waals surface area (Å²) < 4.78 is 19.3. The molecule has 0 aliphatic carbocycles. The van der Waals surface area contributed by atoms with Crippen LogP contribution in [0, 0.1) is 5.82 Å². The number of amides is 1. The minimum atomic E-state index is -0.268. The molecule has 0 aliphatic rings. The quantitative estimate of drug-likeness (QED) is 0.406. The summed E-state index contributed by atoms with van der Waals surface area (Å²) in [4.78, 5) is 22.4. The monoisotopic (exact) mass is 467 g/mol. The van der Waals surface area contributed by atoms with Gasteiger partial charge in [0.05, 0.1) is 16.8 Å². The van der Waals surface area contributed by atoms with E-state index in [-0.39, 0.29) is 11.7 Å². The number of thioether (sulfide) groups is 1. The number of likely N-dealkylation sites (N-methyl/N-ethyl adjacent to an activating group) is 1. The largest absolute Gasteiger partial charge is 0.494 e. The van der Waals surface area contributed by atoms with Crippen molar-refractivity contribution >= 4 is 56.0 Å². The van der Waals surface area contributed by atoms with Gasteiger partial charge in [-0.05, 0) is 50.5 Å². The van der Waals surface area contributed by atoms with E-state index in [2.05, 4.69) is 4.98 Å². The highest BCUT2D eigenvalue weighted by atomic mass is 35.5. The van der Waals surface area contributed by atoms with Gasteiger partial charge in [0.1, 0.15) is 17.1 Å². The van der Waals surface area contributed by atoms with Gasteiger partial charge >= 0.3 is 0 Å². The molecule has 160 valence electrons. The van der Waals surface area contributed by atoms with Crippen LogP contribution in [0.5, 0.6) is 5.75 Å². The molecule has 30 heavy (non-hydrogen) atoms. The van der Waals surface area contributed by atoms with Crippen LogP contribution < -0.4 is 9.64 Å². The van der Waals surface area contributed by atoms with Gasteiger partial charge in [0.2, 0.25) is 5.91 Å². The van der Waals surface area contributed by atoms with Gasteiger partial charge in [-0.2, -0.15) is 0 Å². The third-order valence-corrected chi connectivity index (χ3v) is 6.92. The molecule has 0 radical (unpaired) electrons. The van der Waals surface area contributed by atoms with Crippen molar-refractivity contribution in [3.8, 4) is 5.75 Å². The van der Waals surface area contributed by atoms with Crippen molar-refractivity contribution < 1.29 is 13.9 Å². The van der Waals surface area contributed by atoms with Gasteiger partial charge < -0.3 is 9.64 Å². The van der Waals surface area contributed by atoms with Crippen LogP contribution in [-0.4, -0.2) is 55.8 Å². The minimum Gasteiger partial charge on any atom is -0.494 e. The second-order valence-corrected chi connectivity index (χ2v) is 9.38. The van der Waals surface area contributed by atoms with Crippen molar-refractivity contribution in [1.82, 2.24) is 9.88 Å². The van der Waals surface area contributed by atoms with E-state index < -0.39 is 0 Å². The third-order valence-electron chi connectivity index (χ3n) is 4.37. The highest BCUT2D eigenvalue weighted by molar-refractivity contribution is 7.99. The number of nitrogens with zero attached hydrogens (tertiary/aromatic N) is 3. The predicted molar refractivity (Wildman–Crippen MR) is 124 cm³/mol. The molecule has 2 aromatic carbocycles. The first-order valence-corrected chi connectivity index (χ1v) is 11.5. The standard InChI is InChI=1S/C21H23ClFN3O2S2/c1-25(2)11-12-26(18(27)10-13-29-15-6-4-14(23)5-7-15)21-24-19-17(28-3)9-8-16(22)20(19)30-21/h4-9H,10-13H2,1-3H3. The van der Waals surface area contributed by atoms with Gasteiger partial charge in [-0.25, -0.2) is 9.37 Å². The summed E-state index contributed by atoms with van der Waals surface area (Å²) in [7, 11) is 5.51. The van der Waals surface area contributed by atoms with Crippen molar-refractivity contribution in [3.05, 3.63) is 47.2 Å². The van der Waals surface area contributed by atoms with Crippen LogP contribution in [0.3, 0.4) is 0 Å². The highest BCUT2D eigenvalue weighted by Crippen LogP contribution is 2.38. The summed E-state index contributed by atoms with van der Waals surface area (Å²) in [5.41, 5.74) is 0.661. The van der Waals surface area contributed by atoms with Crippen molar-refractivity contribution in [2.24, 2.45) is 0 Å². The summed E-state index contributed by atoms with van der Waals surface area (Å²) >= 11 is 9.26. The lowest BCUT2D eigenvalue weighted by molar-refractivity contribution is -0.118. The van der Waals surface area contributed by atoms with E-state index in [1.54, 1.807) is 36.3 Å². The topological polar surface area (TPSA) is 45.7 Å². The second-order valence-electron chi connectivity index (χ2n) is 6.82. The van der Waals surface area contributed by atoms with Crippen molar-refractivity contribution in [2.45, 2.75) is 11.3 Å². The summed E-state index contributed by atoms with van der Waals surface area (Å²) in [6.07, 6.45) is 0.344. The van der Waals surface area contributed by atoms with E-state index in [4.69, 9.17) is 16.3 Å². The van der Waals surface area contributed by atoms with Crippen LogP contribution >= 0.6 is 34.7 Å². The Morgan fingerprint density at radius 1 is 1.20 bits per heavy atom. The first-order chi connectivity index (χ1) is 14.4. The Bertz CT molecular complexity index is 1010. The molecule has 1 heterocycles. The molecule has 0 aliphatic heterocycles. The van der Waals surface area contributed by atoms with Gasteiger partial charge in [0.25, 0.3) is 0 Å². The molecular formula is C21H23ClFN3O2S2. The normalized spacial score (nSPS) is 11.3. The van der Waals surface area contributed by atoms with Crippen LogP contribution in [0.1, 0.15) is 6.42 Å². The van der Waals surface area contributed by atoms with Crippen molar-refractivity contribution in [2.75, 3.05) is 44.9 Å². The van der Waals surface area contributed by atoms with Crippen molar-refractivity contribution in [1.29, 1.82) is 0 Å². The molecule has 0 saturated carbocycles. The molecule has 0 N–H and O–H groups in total. The fourth-order valence-corrected chi connectivity index (χ4v) is 4.91. The number of benzene rings is 2. The number of halogens is 2. The van der Waals surface area contributed by atoms with Gasteiger partial charge in [-0.15, -0.1) is 11.8 Å². The molecule has 1 aromatic heterocycles. The fourth-order valence-electron chi connectivity index (χ4n) is 2.77. The SMILES string of the molecule is COc1ccc(Cl)c2sc(N(CCN(C)C)C(=O)CCSc3ccc(F)cc3)nc12. The van der Waals surface area contributed by atoms with E-state index in [1.807, 2.05) is 19.0 Å². The Labute approximate surface area is 188 Å². The third kappa shape index (κ3) is 5.63. The fraction of sp³-hybridized carbons (Fsp3) is 0.333. The van der Waals surface area contributed by atoms with Gasteiger partial charge in [-0.3, -0.25) is 9.69 Å². The first-order valence-electron chi connectivity index (χ1n) is 9.35. The number of aromatic nitrogens is 1. The minimum absolute atomic E-state index is 0.0133. The lowest BCUT2D eigenvalue weighted by atomic mass is 10.3. The van der Waals surface area contributed by atoms with Gasteiger partial charge in [-0.1, -0.05) is 22.9 Å². The van der Waals surface area contributed by atoms with E-state index in [1.165, 1.54) is 35.2 Å².